The van der Waals surface area contributed by atoms with Gasteiger partial charge in [-0.2, -0.15) is 0 Å². The first kappa shape index (κ1) is 26.7. The molecular weight excluding hydrogens is 516 g/mol. The topological polar surface area (TPSA) is 136 Å². The van der Waals surface area contributed by atoms with Crippen LogP contribution in [0.2, 0.25) is 5.02 Å². The Morgan fingerprint density at radius 1 is 1.16 bits per heavy atom. The predicted molar refractivity (Wildman–Crippen MR) is 144 cm³/mol. The summed E-state index contributed by atoms with van der Waals surface area (Å²) in [6, 6.07) is 7.33. The summed E-state index contributed by atoms with van der Waals surface area (Å²) >= 11 is 7.45. The number of hydrogen-bond acceptors (Lipinski definition) is 10. The van der Waals surface area contributed by atoms with Crippen LogP contribution in [0.15, 0.2) is 30.5 Å². The molecule has 4 N–H and O–H groups in total. The summed E-state index contributed by atoms with van der Waals surface area (Å²) in [6.07, 6.45) is 2.52. The first-order valence-corrected chi connectivity index (χ1v) is 13.1. The molecule has 2 aromatic heterocycles. The van der Waals surface area contributed by atoms with Crippen molar-refractivity contribution in [3.63, 3.8) is 0 Å². The Labute approximate surface area is 223 Å². The molecule has 2 amide bonds. The van der Waals surface area contributed by atoms with Crippen molar-refractivity contribution in [3.8, 4) is 0 Å². The molecule has 1 aliphatic rings. The van der Waals surface area contributed by atoms with Crippen molar-refractivity contribution in [1.29, 1.82) is 0 Å². The van der Waals surface area contributed by atoms with Crippen LogP contribution in [0.5, 0.6) is 0 Å². The molecule has 0 radical (unpaired) electrons. The number of anilines is 4. The molecule has 11 nitrogen and oxygen atoms in total. The van der Waals surface area contributed by atoms with E-state index in [-0.39, 0.29) is 11.8 Å². The summed E-state index contributed by atoms with van der Waals surface area (Å²) in [6.45, 7) is 7.81. The van der Waals surface area contributed by atoms with Crippen LogP contribution in [-0.4, -0.2) is 69.6 Å². The number of thiazole rings is 1. The normalized spacial score (nSPS) is 13.9. The Morgan fingerprint density at radius 2 is 1.95 bits per heavy atom. The molecule has 1 aromatic carbocycles. The van der Waals surface area contributed by atoms with E-state index in [9.17, 15) is 9.59 Å². The minimum Gasteiger partial charge on any atom is -0.354 e. The standard InChI is InChI=1S/C24H29ClN8O3S/c1-15-5-3-6-17(25)22(15)30-23(35)18-14-26-24(37-18)29-19-13-20(28-16(2)27-19)33-11-9-32(10-12-33)8-4-7-21(34)31-36/h3,5-6,13-14,36H,4,7-12H2,1-2H3,(H,30,35)(H,31,34)(H,26,27,28,29). The molecule has 3 aromatic rings. The van der Waals surface area contributed by atoms with Crippen molar-refractivity contribution in [2.75, 3.05) is 48.3 Å². The zero-order valence-electron chi connectivity index (χ0n) is 20.6. The molecule has 196 valence electrons. The molecule has 0 unspecified atom stereocenters. The number of nitrogens with one attached hydrogen (secondary N) is 3. The number of nitrogens with zero attached hydrogens (tertiary/aromatic N) is 5. The summed E-state index contributed by atoms with van der Waals surface area (Å²) in [7, 11) is 0. The number of para-hydroxylation sites is 1. The van der Waals surface area contributed by atoms with E-state index in [1.54, 1.807) is 11.5 Å². The number of rotatable bonds is 9. The van der Waals surface area contributed by atoms with Gasteiger partial charge in [0, 0.05) is 38.7 Å². The van der Waals surface area contributed by atoms with Crippen LogP contribution in [0.25, 0.3) is 0 Å². The van der Waals surface area contributed by atoms with Gasteiger partial charge in [-0.05, 0) is 38.4 Å². The van der Waals surface area contributed by atoms with E-state index in [2.05, 4.69) is 35.4 Å². The number of aromatic nitrogens is 3. The minimum atomic E-state index is -0.362. The summed E-state index contributed by atoms with van der Waals surface area (Å²) in [5, 5.41) is 15.7. The van der Waals surface area contributed by atoms with Gasteiger partial charge in [0.1, 0.15) is 22.3 Å². The average molecular weight is 545 g/mol. The first-order valence-electron chi connectivity index (χ1n) is 11.9. The van der Waals surface area contributed by atoms with Gasteiger partial charge >= 0.3 is 0 Å². The van der Waals surface area contributed by atoms with Gasteiger partial charge in [0.25, 0.3) is 5.91 Å². The fraction of sp³-hybridized carbons (Fsp3) is 0.375. The lowest BCUT2D eigenvalue weighted by Crippen LogP contribution is -2.47. The highest BCUT2D eigenvalue weighted by Gasteiger charge is 2.20. The molecule has 3 heterocycles. The van der Waals surface area contributed by atoms with E-state index in [1.165, 1.54) is 17.5 Å². The highest BCUT2D eigenvalue weighted by atomic mass is 35.5. The molecule has 37 heavy (non-hydrogen) atoms. The number of carbonyl (C=O) groups excluding carboxylic acids is 2. The fourth-order valence-electron chi connectivity index (χ4n) is 4.01. The highest BCUT2D eigenvalue weighted by molar-refractivity contribution is 7.17. The second-order valence-corrected chi connectivity index (χ2v) is 10.1. The largest absolute Gasteiger partial charge is 0.354 e. The Bertz CT molecular complexity index is 1240. The van der Waals surface area contributed by atoms with Gasteiger partial charge in [0.15, 0.2) is 5.13 Å². The van der Waals surface area contributed by atoms with Gasteiger partial charge in [-0.3, -0.25) is 19.7 Å². The van der Waals surface area contributed by atoms with E-state index < -0.39 is 0 Å². The number of carbonyl (C=O) groups is 2. The van der Waals surface area contributed by atoms with Crippen LogP contribution in [0.3, 0.4) is 0 Å². The van der Waals surface area contributed by atoms with Gasteiger partial charge in [0.2, 0.25) is 5.91 Å². The summed E-state index contributed by atoms with van der Waals surface area (Å²) in [5.74, 6) is 1.40. The number of hydrogen-bond donors (Lipinski definition) is 4. The van der Waals surface area contributed by atoms with E-state index in [0.29, 0.717) is 45.2 Å². The smallest absolute Gasteiger partial charge is 0.267 e. The SMILES string of the molecule is Cc1nc(Nc2ncc(C(=O)Nc3c(C)cccc3Cl)s2)cc(N2CCN(CCCC(=O)NO)CC2)n1. The number of piperazine rings is 1. The average Bonchev–Trinajstić information content (AvgIpc) is 3.34. The third-order valence-electron chi connectivity index (χ3n) is 5.95. The number of benzene rings is 1. The molecule has 1 fully saturated rings. The summed E-state index contributed by atoms with van der Waals surface area (Å²) < 4.78 is 0. The van der Waals surface area contributed by atoms with Crippen molar-refractivity contribution in [2.24, 2.45) is 0 Å². The maximum Gasteiger partial charge on any atom is 0.267 e. The number of hydroxylamine groups is 1. The minimum absolute atomic E-state index is 0.281. The van der Waals surface area contributed by atoms with Crippen LogP contribution < -0.4 is 21.0 Å². The Kier molecular flexibility index (Phi) is 8.87. The van der Waals surface area contributed by atoms with Crippen LogP contribution in [-0.2, 0) is 4.79 Å². The summed E-state index contributed by atoms with van der Waals surface area (Å²) in [5.41, 5.74) is 3.13. The molecule has 1 aliphatic heterocycles. The van der Waals surface area contributed by atoms with Gasteiger partial charge in [0.05, 0.1) is 16.9 Å². The van der Waals surface area contributed by atoms with Crippen molar-refractivity contribution < 1.29 is 14.8 Å². The van der Waals surface area contributed by atoms with Crippen molar-refractivity contribution in [1.82, 2.24) is 25.3 Å². The third-order valence-corrected chi connectivity index (χ3v) is 7.18. The van der Waals surface area contributed by atoms with Crippen LogP contribution in [0, 0.1) is 13.8 Å². The fourth-order valence-corrected chi connectivity index (χ4v) is 5.00. The van der Waals surface area contributed by atoms with Crippen LogP contribution >= 0.6 is 22.9 Å². The van der Waals surface area contributed by atoms with Crippen molar-refractivity contribution in [2.45, 2.75) is 26.7 Å². The van der Waals surface area contributed by atoms with Crippen molar-refractivity contribution >= 4 is 57.2 Å². The molecule has 0 spiro atoms. The molecule has 0 bridgehead atoms. The number of halogens is 1. The predicted octanol–water partition coefficient (Wildman–Crippen LogP) is 3.61. The molecule has 0 atom stereocenters. The number of amides is 2. The lowest BCUT2D eigenvalue weighted by atomic mass is 10.2. The van der Waals surface area contributed by atoms with Gasteiger partial charge < -0.3 is 15.5 Å². The third kappa shape index (κ3) is 7.13. The molecule has 0 saturated carbocycles. The molecule has 0 aliphatic carbocycles. The molecule has 13 heteroatoms. The number of aryl methyl sites for hydroxylation is 2. The Morgan fingerprint density at radius 3 is 2.68 bits per heavy atom. The highest BCUT2D eigenvalue weighted by Crippen LogP contribution is 2.28. The quantitative estimate of drug-likeness (QED) is 0.235. The second-order valence-electron chi connectivity index (χ2n) is 8.67. The Hall–Kier alpha value is -3.32. The zero-order chi connectivity index (χ0) is 26.4. The monoisotopic (exact) mass is 544 g/mol. The van der Waals surface area contributed by atoms with Gasteiger partial charge in [-0.1, -0.05) is 35.1 Å². The summed E-state index contributed by atoms with van der Waals surface area (Å²) in [4.78, 5) is 42.3. The lowest BCUT2D eigenvalue weighted by molar-refractivity contribution is -0.129. The molecular formula is C24H29ClN8O3S. The lowest BCUT2D eigenvalue weighted by Gasteiger charge is -2.35. The van der Waals surface area contributed by atoms with E-state index in [1.807, 2.05) is 32.0 Å². The first-order chi connectivity index (χ1) is 17.8. The molecule has 4 rings (SSSR count). The van der Waals surface area contributed by atoms with Gasteiger partial charge in [-0.25, -0.2) is 20.4 Å². The molecule has 1 saturated heterocycles. The second kappa shape index (κ2) is 12.3. The maximum atomic E-state index is 12.7. The van der Waals surface area contributed by atoms with Gasteiger partial charge in [-0.15, -0.1) is 0 Å². The zero-order valence-corrected chi connectivity index (χ0v) is 22.2. The van der Waals surface area contributed by atoms with E-state index >= 15 is 0 Å². The van der Waals surface area contributed by atoms with E-state index in [0.717, 1.165) is 44.1 Å². The maximum absolute atomic E-state index is 12.7. The van der Waals surface area contributed by atoms with Crippen LogP contribution in [0.4, 0.5) is 22.5 Å². The van der Waals surface area contributed by atoms with Crippen LogP contribution in [0.1, 0.15) is 33.9 Å². The Balaban J connectivity index is 1.35. The van der Waals surface area contributed by atoms with E-state index in [4.69, 9.17) is 16.8 Å². The van der Waals surface area contributed by atoms with Crippen molar-refractivity contribution in [3.05, 3.63) is 51.7 Å².